The number of nitrogens with one attached hydrogen (secondary N) is 1. The van der Waals surface area contributed by atoms with Gasteiger partial charge in [-0.15, -0.1) is 10.2 Å². The van der Waals surface area contributed by atoms with Gasteiger partial charge >= 0.3 is 5.97 Å². The van der Waals surface area contributed by atoms with Crippen LogP contribution in [-0.2, 0) is 0 Å². The predicted octanol–water partition coefficient (Wildman–Crippen LogP) is 2.83. The molecule has 2 aromatic rings. The molecule has 0 unspecified atom stereocenters. The van der Waals surface area contributed by atoms with Crippen molar-refractivity contribution in [2.24, 2.45) is 10.2 Å². The molecule has 0 radical (unpaired) electrons. The number of imidazole rings is 1. The molecule has 0 fully saturated rings. The monoisotopic (exact) mass is 230 g/mol. The van der Waals surface area contributed by atoms with E-state index in [1.807, 2.05) is 6.92 Å². The fourth-order valence-electron chi connectivity index (χ4n) is 1.29. The third-order valence-corrected chi connectivity index (χ3v) is 2.08. The fraction of sp³-hybridized carbons (Fsp3) is 0.0909. The lowest BCUT2D eigenvalue weighted by Crippen LogP contribution is -1.95. The smallest absolute Gasteiger partial charge is 0.337 e. The van der Waals surface area contributed by atoms with E-state index in [0.29, 0.717) is 11.6 Å². The first-order valence-corrected chi connectivity index (χ1v) is 4.92. The summed E-state index contributed by atoms with van der Waals surface area (Å²) in [5.41, 5.74) is 1.28. The van der Waals surface area contributed by atoms with Gasteiger partial charge in [-0.2, -0.15) is 0 Å². The Bertz CT molecular complexity index is 574. The molecule has 6 nitrogen and oxygen atoms in total. The second-order valence-corrected chi connectivity index (χ2v) is 3.41. The number of hydrogen-bond donors (Lipinski definition) is 2. The highest BCUT2D eigenvalue weighted by molar-refractivity contribution is 5.93. The highest BCUT2D eigenvalue weighted by Gasteiger charge is 2.08. The Morgan fingerprint density at radius 1 is 1.35 bits per heavy atom. The largest absolute Gasteiger partial charge is 0.478 e. The van der Waals surface area contributed by atoms with Gasteiger partial charge in [0.05, 0.1) is 5.56 Å². The summed E-state index contributed by atoms with van der Waals surface area (Å²) in [5.74, 6) is -0.683. The molecule has 0 saturated carbocycles. The minimum absolute atomic E-state index is 0.111. The summed E-state index contributed by atoms with van der Waals surface area (Å²) in [6, 6.07) is 6.40. The van der Waals surface area contributed by atoms with Crippen molar-refractivity contribution in [2.45, 2.75) is 6.92 Å². The van der Waals surface area contributed by atoms with Crippen molar-refractivity contribution in [3.63, 3.8) is 0 Å². The summed E-state index contributed by atoms with van der Waals surface area (Å²) in [6.45, 7) is 1.84. The molecule has 1 aromatic carbocycles. The highest BCUT2D eigenvalue weighted by atomic mass is 16.4. The zero-order chi connectivity index (χ0) is 12.3. The van der Waals surface area contributed by atoms with Gasteiger partial charge in [0, 0.05) is 11.9 Å². The van der Waals surface area contributed by atoms with E-state index in [0.717, 1.165) is 5.69 Å². The summed E-state index contributed by atoms with van der Waals surface area (Å²) in [6.07, 6.45) is 1.62. The summed E-state index contributed by atoms with van der Waals surface area (Å²) < 4.78 is 0. The molecule has 2 rings (SSSR count). The van der Waals surface area contributed by atoms with E-state index in [1.54, 1.807) is 24.4 Å². The van der Waals surface area contributed by atoms with Gasteiger partial charge in [-0.3, -0.25) is 0 Å². The number of aromatic nitrogens is 2. The number of H-pyrrole nitrogens is 1. The molecule has 0 aliphatic rings. The molecule has 17 heavy (non-hydrogen) atoms. The van der Waals surface area contributed by atoms with Gasteiger partial charge in [0.25, 0.3) is 0 Å². The maximum atomic E-state index is 10.9. The van der Waals surface area contributed by atoms with Crippen LogP contribution in [0.5, 0.6) is 0 Å². The van der Waals surface area contributed by atoms with Crippen LogP contribution >= 0.6 is 0 Å². The Kier molecular flexibility index (Phi) is 2.95. The summed E-state index contributed by atoms with van der Waals surface area (Å²) in [5, 5.41) is 16.6. The molecule has 86 valence electrons. The number of rotatable bonds is 3. The number of aromatic carboxylic acids is 1. The van der Waals surface area contributed by atoms with Crippen molar-refractivity contribution in [3.8, 4) is 0 Å². The SMILES string of the molecule is Cc1cnc(N=Nc2ccccc2C(=O)O)[nH]1. The standard InChI is InChI=1S/C11H10N4O2/c1-7-6-12-11(13-7)15-14-9-5-3-2-4-8(9)10(16)17/h2-6H,1H3,(H,12,13)(H,16,17). The molecule has 0 saturated heterocycles. The van der Waals surface area contributed by atoms with Crippen molar-refractivity contribution in [2.75, 3.05) is 0 Å². The zero-order valence-corrected chi connectivity index (χ0v) is 9.08. The van der Waals surface area contributed by atoms with Gasteiger partial charge in [0.2, 0.25) is 5.95 Å². The zero-order valence-electron chi connectivity index (χ0n) is 9.08. The molecular weight excluding hydrogens is 220 g/mol. The van der Waals surface area contributed by atoms with Crippen molar-refractivity contribution in [1.29, 1.82) is 0 Å². The summed E-state index contributed by atoms with van der Waals surface area (Å²) in [4.78, 5) is 17.7. The molecule has 0 amide bonds. The molecule has 2 N–H and O–H groups in total. The van der Waals surface area contributed by atoms with Gasteiger partial charge in [-0.1, -0.05) is 12.1 Å². The average molecular weight is 230 g/mol. The van der Waals surface area contributed by atoms with Crippen LogP contribution in [0.15, 0.2) is 40.7 Å². The van der Waals surface area contributed by atoms with Crippen LogP contribution in [0.2, 0.25) is 0 Å². The Labute approximate surface area is 97.0 Å². The molecular formula is C11H10N4O2. The first kappa shape index (κ1) is 11.0. The molecule has 0 atom stereocenters. The lowest BCUT2D eigenvalue weighted by atomic mass is 10.2. The molecule has 6 heteroatoms. The van der Waals surface area contributed by atoms with Crippen LogP contribution < -0.4 is 0 Å². The quantitative estimate of drug-likeness (QED) is 0.794. The van der Waals surface area contributed by atoms with Crippen LogP contribution in [0, 0.1) is 6.92 Å². The van der Waals surface area contributed by atoms with Crippen molar-refractivity contribution in [1.82, 2.24) is 9.97 Å². The second kappa shape index (κ2) is 4.56. The molecule has 0 bridgehead atoms. The lowest BCUT2D eigenvalue weighted by Gasteiger charge is -1.97. The Balaban J connectivity index is 2.30. The average Bonchev–Trinajstić information content (AvgIpc) is 2.73. The Morgan fingerprint density at radius 3 is 2.76 bits per heavy atom. The summed E-state index contributed by atoms with van der Waals surface area (Å²) >= 11 is 0. The maximum Gasteiger partial charge on any atom is 0.337 e. The van der Waals surface area contributed by atoms with Crippen LogP contribution in [-0.4, -0.2) is 21.0 Å². The van der Waals surface area contributed by atoms with Crippen LogP contribution in [0.1, 0.15) is 16.1 Å². The van der Waals surface area contributed by atoms with Crippen molar-refractivity contribution in [3.05, 3.63) is 41.7 Å². The first-order chi connectivity index (χ1) is 8.16. The molecule has 1 heterocycles. The van der Waals surface area contributed by atoms with E-state index in [4.69, 9.17) is 5.11 Å². The lowest BCUT2D eigenvalue weighted by molar-refractivity contribution is 0.0698. The minimum atomic E-state index is -1.03. The number of hydrogen-bond acceptors (Lipinski definition) is 4. The number of aromatic amines is 1. The topological polar surface area (TPSA) is 90.7 Å². The number of carboxylic acid groups (broad SMARTS) is 1. The number of azo groups is 1. The predicted molar refractivity (Wildman–Crippen MR) is 60.9 cm³/mol. The van der Waals surface area contributed by atoms with Gasteiger partial charge in [-0.25, -0.2) is 9.78 Å². The number of carboxylic acids is 1. The fourth-order valence-corrected chi connectivity index (χ4v) is 1.29. The number of carbonyl (C=O) groups is 1. The number of aryl methyl sites for hydroxylation is 1. The molecule has 0 spiro atoms. The minimum Gasteiger partial charge on any atom is -0.478 e. The van der Waals surface area contributed by atoms with Crippen molar-refractivity contribution < 1.29 is 9.90 Å². The van der Waals surface area contributed by atoms with E-state index >= 15 is 0 Å². The third-order valence-electron chi connectivity index (χ3n) is 2.08. The Hall–Kier alpha value is -2.50. The van der Waals surface area contributed by atoms with Crippen molar-refractivity contribution >= 4 is 17.6 Å². The van der Waals surface area contributed by atoms with Gasteiger partial charge in [0.15, 0.2) is 0 Å². The molecule has 0 aliphatic heterocycles. The number of nitrogens with zero attached hydrogens (tertiary/aromatic N) is 3. The van der Waals surface area contributed by atoms with E-state index < -0.39 is 5.97 Å². The number of benzene rings is 1. The van der Waals surface area contributed by atoms with E-state index in [9.17, 15) is 4.79 Å². The van der Waals surface area contributed by atoms with Crippen LogP contribution in [0.25, 0.3) is 0 Å². The maximum absolute atomic E-state index is 10.9. The van der Waals surface area contributed by atoms with Gasteiger partial charge in [-0.05, 0) is 19.1 Å². The van der Waals surface area contributed by atoms with E-state index in [2.05, 4.69) is 20.2 Å². The highest BCUT2D eigenvalue weighted by Crippen LogP contribution is 2.20. The Morgan fingerprint density at radius 2 is 2.12 bits per heavy atom. The van der Waals surface area contributed by atoms with E-state index in [1.165, 1.54) is 6.07 Å². The van der Waals surface area contributed by atoms with Gasteiger partial charge in [0.1, 0.15) is 5.69 Å². The van der Waals surface area contributed by atoms with Crippen LogP contribution in [0.3, 0.4) is 0 Å². The third kappa shape index (κ3) is 2.54. The summed E-state index contributed by atoms with van der Waals surface area (Å²) in [7, 11) is 0. The van der Waals surface area contributed by atoms with Gasteiger partial charge < -0.3 is 10.1 Å². The molecule has 1 aromatic heterocycles. The molecule has 0 aliphatic carbocycles. The van der Waals surface area contributed by atoms with Crippen LogP contribution in [0.4, 0.5) is 11.6 Å². The first-order valence-electron chi connectivity index (χ1n) is 4.92. The second-order valence-electron chi connectivity index (χ2n) is 3.41. The normalized spacial score (nSPS) is 10.9. The van der Waals surface area contributed by atoms with E-state index in [-0.39, 0.29) is 5.56 Å².